The molecule has 1 aromatic heterocycles. The maximum absolute atomic E-state index is 13.1. The van der Waals surface area contributed by atoms with Crippen LogP contribution in [0, 0.1) is 25.2 Å². The summed E-state index contributed by atoms with van der Waals surface area (Å²) in [5.41, 5.74) is 6.51. The van der Waals surface area contributed by atoms with Crippen LogP contribution in [0.15, 0.2) is 59.5 Å². The van der Waals surface area contributed by atoms with Crippen molar-refractivity contribution in [3.8, 4) is 11.8 Å². The summed E-state index contributed by atoms with van der Waals surface area (Å²) in [6.07, 6.45) is 2.48. The van der Waals surface area contributed by atoms with Crippen LogP contribution in [-0.4, -0.2) is 44.5 Å². The molecule has 0 aliphatic carbocycles. The summed E-state index contributed by atoms with van der Waals surface area (Å²) < 4.78 is 2.04. The third-order valence-corrected chi connectivity index (χ3v) is 7.57. The Kier molecular flexibility index (Phi) is 6.25. The van der Waals surface area contributed by atoms with Gasteiger partial charge < -0.3 is 9.47 Å². The van der Waals surface area contributed by atoms with Crippen molar-refractivity contribution in [2.45, 2.75) is 26.8 Å². The fourth-order valence-electron chi connectivity index (χ4n) is 4.74. The van der Waals surface area contributed by atoms with Crippen molar-refractivity contribution < 1.29 is 14.4 Å². The lowest BCUT2D eigenvalue weighted by molar-refractivity contribution is -0.136. The molecule has 0 radical (unpaired) electrons. The summed E-state index contributed by atoms with van der Waals surface area (Å²) in [7, 11) is 0. The van der Waals surface area contributed by atoms with Crippen LogP contribution in [0.1, 0.15) is 33.6 Å². The molecule has 7 nitrogen and oxygen atoms in total. The van der Waals surface area contributed by atoms with Crippen molar-refractivity contribution in [2.75, 3.05) is 13.1 Å². The molecular formula is C28H24N4O3S. The molecule has 0 unspecified atom stereocenters. The highest BCUT2D eigenvalue weighted by atomic mass is 32.2. The van der Waals surface area contributed by atoms with E-state index in [2.05, 4.69) is 12.1 Å². The van der Waals surface area contributed by atoms with Gasteiger partial charge in [-0.1, -0.05) is 24.3 Å². The molecule has 1 fully saturated rings. The van der Waals surface area contributed by atoms with Gasteiger partial charge in [0.2, 0.25) is 5.91 Å². The van der Waals surface area contributed by atoms with Crippen molar-refractivity contribution in [2.24, 2.45) is 0 Å². The van der Waals surface area contributed by atoms with Gasteiger partial charge in [-0.3, -0.25) is 19.3 Å². The summed E-state index contributed by atoms with van der Waals surface area (Å²) in [5.74, 6) is -0.675. The largest absolute Gasteiger partial charge is 0.336 e. The Morgan fingerprint density at radius 2 is 1.81 bits per heavy atom. The van der Waals surface area contributed by atoms with Crippen LogP contribution in [0.4, 0.5) is 4.79 Å². The molecule has 0 bridgehead atoms. The number of nitriles is 1. The minimum atomic E-state index is -0.445. The number of carbonyl (C=O) groups is 3. The number of amides is 3. The first-order valence-corrected chi connectivity index (χ1v) is 12.5. The number of hydrogen-bond donors (Lipinski definition) is 0. The lowest BCUT2D eigenvalue weighted by atomic mass is 10.00. The number of nitrogens with zero attached hydrogens (tertiary/aromatic N) is 4. The molecule has 0 saturated carbocycles. The van der Waals surface area contributed by atoms with Gasteiger partial charge in [0.05, 0.1) is 16.5 Å². The summed E-state index contributed by atoms with van der Waals surface area (Å²) in [6, 6.07) is 19.4. The Bertz CT molecular complexity index is 1460. The lowest BCUT2D eigenvalue weighted by Gasteiger charge is -2.29. The van der Waals surface area contributed by atoms with Crippen LogP contribution in [0.3, 0.4) is 0 Å². The summed E-state index contributed by atoms with van der Waals surface area (Å²) in [5, 5.41) is 8.62. The average Bonchev–Trinajstić information content (AvgIpc) is 3.32. The van der Waals surface area contributed by atoms with Crippen LogP contribution in [0.2, 0.25) is 0 Å². The fourth-order valence-corrected chi connectivity index (χ4v) is 5.57. The zero-order valence-electron chi connectivity index (χ0n) is 20.0. The van der Waals surface area contributed by atoms with Crippen LogP contribution in [0.25, 0.3) is 11.8 Å². The second-order valence-corrected chi connectivity index (χ2v) is 9.92. The van der Waals surface area contributed by atoms with Crippen LogP contribution in [-0.2, 0) is 22.6 Å². The molecule has 1 saturated heterocycles. The zero-order chi connectivity index (χ0) is 25.4. The molecule has 36 heavy (non-hydrogen) atoms. The molecule has 2 aromatic carbocycles. The maximum atomic E-state index is 13.1. The van der Waals surface area contributed by atoms with E-state index in [1.54, 1.807) is 23.1 Å². The van der Waals surface area contributed by atoms with E-state index in [0.29, 0.717) is 23.6 Å². The fraction of sp³-hybridized carbons (Fsp3) is 0.214. The average molecular weight is 497 g/mol. The monoisotopic (exact) mass is 496 g/mol. The van der Waals surface area contributed by atoms with E-state index in [-0.39, 0.29) is 12.5 Å². The Morgan fingerprint density at radius 1 is 1.08 bits per heavy atom. The summed E-state index contributed by atoms with van der Waals surface area (Å²) in [6.45, 7) is 4.71. The number of hydrogen-bond acceptors (Lipinski definition) is 5. The van der Waals surface area contributed by atoms with Gasteiger partial charge >= 0.3 is 0 Å². The molecule has 8 heteroatoms. The van der Waals surface area contributed by atoms with Gasteiger partial charge in [-0.25, -0.2) is 0 Å². The highest BCUT2D eigenvalue weighted by Crippen LogP contribution is 2.34. The Morgan fingerprint density at radius 3 is 2.53 bits per heavy atom. The zero-order valence-corrected chi connectivity index (χ0v) is 20.8. The van der Waals surface area contributed by atoms with Gasteiger partial charge in [0.25, 0.3) is 11.1 Å². The van der Waals surface area contributed by atoms with Crippen molar-refractivity contribution in [1.29, 1.82) is 5.26 Å². The molecule has 5 rings (SSSR count). The Labute approximate surface area is 213 Å². The van der Waals surface area contributed by atoms with Gasteiger partial charge in [-0.15, -0.1) is 0 Å². The standard InChI is InChI=1S/C28H24N4O3S/c1-18-13-23(19(2)32(18)24-9-7-20(15-29)8-10-24)14-25-27(34)31(28(35)36-25)17-26(33)30-12-11-21-5-3-4-6-22(21)16-30/h3-10,13-14H,11-12,16-17H2,1-2H3/b25-14-. The van der Waals surface area contributed by atoms with Crippen molar-refractivity contribution >= 4 is 34.9 Å². The summed E-state index contributed by atoms with van der Waals surface area (Å²) in [4.78, 5) is 41.8. The van der Waals surface area contributed by atoms with Gasteiger partial charge in [0.1, 0.15) is 6.54 Å². The quantitative estimate of drug-likeness (QED) is 0.493. The van der Waals surface area contributed by atoms with E-state index in [1.165, 1.54) is 5.56 Å². The Hall–Kier alpha value is -4.09. The number of fused-ring (bicyclic) bond motifs is 1. The predicted octanol–water partition coefficient (Wildman–Crippen LogP) is 4.59. The topological polar surface area (TPSA) is 86.4 Å². The molecule has 0 N–H and O–H groups in total. The number of imide groups is 1. The van der Waals surface area contributed by atoms with E-state index < -0.39 is 11.1 Å². The highest BCUT2D eigenvalue weighted by molar-refractivity contribution is 8.18. The number of aromatic nitrogens is 1. The molecule has 0 atom stereocenters. The lowest BCUT2D eigenvalue weighted by Crippen LogP contribution is -2.44. The molecule has 3 aromatic rings. The van der Waals surface area contributed by atoms with Crippen LogP contribution < -0.4 is 0 Å². The second kappa shape index (κ2) is 9.51. The smallest absolute Gasteiger partial charge is 0.294 e. The van der Waals surface area contributed by atoms with Crippen molar-refractivity contribution in [3.63, 3.8) is 0 Å². The third-order valence-electron chi connectivity index (χ3n) is 6.66. The van der Waals surface area contributed by atoms with Gasteiger partial charge in [-0.05, 0) is 85.1 Å². The number of thioether (sulfide) groups is 1. The Balaban J connectivity index is 1.33. The number of carbonyl (C=O) groups excluding carboxylic acids is 3. The predicted molar refractivity (Wildman–Crippen MR) is 138 cm³/mol. The molecular weight excluding hydrogens is 472 g/mol. The minimum Gasteiger partial charge on any atom is -0.336 e. The molecule has 3 heterocycles. The summed E-state index contributed by atoms with van der Waals surface area (Å²) >= 11 is 0.861. The number of aryl methyl sites for hydroxylation is 1. The number of rotatable bonds is 4. The van der Waals surface area contributed by atoms with E-state index in [4.69, 9.17) is 5.26 Å². The van der Waals surface area contributed by atoms with Gasteiger partial charge in [0.15, 0.2) is 0 Å². The molecule has 2 aliphatic rings. The molecule has 0 spiro atoms. The number of benzene rings is 2. The van der Waals surface area contributed by atoms with E-state index >= 15 is 0 Å². The minimum absolute atomic E-state index is 0.230. The van der Waals surface area contributed by atoms with Gasteiger partial charge in [-0.2, -0.15) is 5.26 Å². The van der Waals surface area contributed by atoms with E-state index in [0.717, 1.165) is 51.3 Å². The first-order valence-electron chi connectivity index (χ1n) is 11.6. The first-order chi connectivity index (χ1) is 17.4. The third kappa shape index (κ3) is 4.34. The first kappa shape index (κ1) is 23.6. The molecule has 2 aliphatic heterocycles. The van der Waals surface area contributed by atoms with E-state index in [1.807, 2.05) is 54.8 Å². The van der Waals surface area contributed by atoms with Crippen molar-refractivity contribution in [3.05, 3.63) is 93.1 Å². The van der Waals surface area contributed by atoms with Crippen molar-refractivity contribution in [1.82, 2.24) is 14.4 Å². The van der Waals surface area contributed by atoms with Crippen LogP contribution in [0.5, 0.6) is 0 Å². The van der Waals surface area contributed by atoms with E-state index in [9.17, 15) is 14.4 Å². The van der Waals surface area contributed by atoms with Gasteiger partial charge in [0, 0.05) is 30.2 Å². The molecule has 3 amide bonds. The normalized spacial score (nSPS) is 16.4. The second-order valence-electron chi connectivity index (χ2n) is 8.92. The van der Waals surface area contributed by atoms with Crippen LogP contribution >= 0.6 is 11.8 Å². The highest BCUT2D eigenvalue weighted by Gasteiger charge is 2.37. The SMILES string of the molecule is Cc1cc(/C=C2\SC(=O)N(CC(=O)N3CCc4ccccc4C3)C2=O)c(C)n1-c1ccc(C#N)cc1. The molecule has 180 valence electrons. The maximum Gasteiger partial charge on any atom is 0.294 e.